The van der Waals surface area contributed by atoms with Crippen LogP contribution in [0.15, 0.2) is 59.7 Å². The minimum Gasteiger partial charge on any atom is -0.495 e. The van der Waals surface area contributed by atoms with Gasteiger partial charge in [0.25, 0.3) is 0 Å². The van der Waals surface area contributed by atoms with E-state index in [1.165, 1.54) is 31.4 Å². The molecule has 1 unspecified atom stereocenters. The number of benzene rings is 2. The smallest absolute Gasteiger partial charge is 0.391 e. The normalized spacial score (nSPS) is 26.3. The lowest BCUT2D eigenvalue weighted by atomic mass is 9.61. The first kappa shape index (κ1) is 31.9. The summed E-state index contributed by atoms with van der Waals surface area (Å²) in [6, 6.07) is 6.74. The van der Waals surface area contributed by atoms with Crippen LogP contribution in [0.25, 0.3) is 0 Å². The van der Waals surface area contributed by atoms with Gasteiger partial charge in [-0.15, -0.1) is 0 Å². The minimum atomic E-state index is -4.55. The van der Waals surface area contributed by atoms with Crippen molar-refractivity contribution in [1.82, 2.24) is 5.32 Å². The Morgan fingerprint density at radius 3 is 2.55 bits per heavy atom. The SMILES string of the molecule is CCOC(=O)c1ccc(NC(=O)[C@@H]2N[C@@H](C[C@@H](C)C(F)(F)F)[C@@]3(C(=O)Nc4cc(Cl)ccc43)[C@H]2C2C=CC=C2Cl)c(OC)c1. The number of allylic oxidation sites excluding steroid dienone is 4. The van der Waals surface area contributed by atoms with E-state index in [9.17, 15) is 27.6 Å². The van der Waals surface area contributed by atoms with Crippen molar-refractivity contribution in [3.63, 3.8) is 0 Å². The average molecular weight is 652 g/mol. The third kappa shape index (κ3) is 5.46. The lowest BCUT2D eigenvalue weighted by molar-refractivity contribution is -0.173. The highest BCUT2D eigenvalue weighted by molar-refractivity contribution is 6.31. The lowest BCUT2D eigenvalue weighted by Crippen LogP contribution is -2.52. The van der Waals surface area contributed by atoms with Gasteiger partial charge in [0.05, 0.1) is 42.3 Å². The van der Waals surface area contributed by atoms with E-state index in [0.717, 1.165) is 6.92 Å². The van der Waals surface area contributed by atoms with Gasteiger partial charge in [0.1, 0.15) is 5.75 Å². The third-order valence-electron chi connectivity index (χ3n) is 8.55. The number of fused-ring (bicyclic) bond motifs is 2. The summed E-state index contributed by atoms with van der Waals surface area (Å²) in [5.41, 5.74) is -0.422. The Morgan fingerprint density at radius 2 is 1.91 bits per heavy atom. The molecule has 13 heteroatoms. The van der Waals surface area contributed by atoms with Crippen LogP contribution in [-0.2, 0) is 19.7 Å². The van der Waals surface area contributed by atoms with Gasteiger partial charge < -0.3 is 25.4 Å². The third-order valence-corrected chi connectivity index (χ3v) is 9.16. The van der Waals surface area contributed by atoms with Gasteiger partial charge in [-0.25, -0.2) is 4.79 Å². The van der Waals surface area contributed by atoms with Crippen molar-refractivity contribution in [2.75, 3.05) is 24.4 Å². The monoisotopic (exact) mass is 651 g/mol. The number of amides is 2. The van der Waals surface area contributed by atoms with Gasteiger partial charge in [-0.2, -0.15) is 13.2 Å². The molecule has 2 aliphatic heterocycles. The molecule has 2 aromatic rings. The fourth-order valence-corrected chi connectivity index (χ4v) is 6.98. The molecule has 0 aromatic heterocycles. The standard InChI is InChI=1S/C31H30Cl2F3N3O5/c1-4-44-28(41)16-8-11-21(23(13-16)43-3)37-27(40)26-25(18-6-5-7-20(18)33)30(24(39-26)12-15(2)31(34,35)36)19-10-9-17(32)14-22(19)38-29(30)42/h5-11,13-15,18,24-26,39H,4,12H2,1-3H3,(H,37,40)(H,38,42)/t15-,18?,24+,25+,26-,30-/m1/s1. The maximum Gasteiger partial charge on any atom is 0.391 e. The number of carbonyl (C=O) groups excluding carboxylic acids is 3. The molecule has 2 aromatic carbocycles. The largest absolute Gasteiger partial charge is 0.495 e. The Kier molecular flexibility index (Phi) is 8.76. The highest BCUT2D eigenvalue weighted by Crippen LogP contribution is 2.57. The number of carbonyl (C=O) groups is 3. The summed E-state index contributed by atoms with van der Waals surface area (Å²) < 4.78 is 52.3. The molecule has 1 aliphatic carbocycles. The fraction of sp³-hybridized carbons (Fsp3) is 0.387. The van der Waals surface area contributed by atoms with Crippen LogP contribution in [0, 0.1) is 17.8 Å². The zero-order chi connectivity index (χ0) is 32.0. The summed E-state index contributed by atoms with van der Waals surface area (Å²) in [4.78, 5) is 40.5. The molecule has 3 aliphatic rings. The highest BCUT2D eigenvalue weighted by atomic mass is 35.5. The van der Waals surface area contributed by atoms with Crippen LogP contribution in [0.5, 0.6) is 5.75 Å². The first-order valence-corrected chi connectivity index (χ1v) is 14.7. The molecule has 5 rings (SSSR count). The molecule has 1 saturated heterocycles. The Hall–Kier alpha value is -3.54. The Bertz CT molecular complexity index is 1560. The van der Waals surface area contributed by atoms with Gasteiger partial charge in [-0.1, -0.05) is 48.3 Å². The number of alkyl halides is 3. The Balaban J connectivity index is 1.61. The molecule has 0 radical (unpaired) electrons. The van der Waals surface area contributed by atoms with E-state index in [-0.39, 0.29) is 23.6 Å². The zero-order valence-electron chi connectivity index (χ0n) is 23.9. The van der Waals surface area contributed by atoms with Crippen LogP contribution in [0.1, 0.15) is 36.2 Å². The second-order valence-electron chi connectivity index (χ2n) is 11.0. The topological polar surface area (TPSA) is 106 Å². The molecular weight excluding hydrogens is 622 g/mol. The van der Waals surface area contributed by atoms with E-state index in [4.69, 9.17) is 32.7 Å². The summed E-state index contributed by atoms with van der Waals surface area (Å²) in [6.45, 7) is 2.88. The van der Waals surface area contributed by atoms with Crippen LogP contribution >= 0.6 is 23.2 Å². The van der Waals surface area contributed by atoms with E-state index < -0.39 is 65.6 Å². The number of nitrogens with one attached hydrogen (secondary N) is 3. The molecule has 234 valence electrons. The Morgan fingerprint density at radius 1 is 1.16 bits per heavy atom. The van der Waals surface area contributed by atoms with Crippen LogP contribution in [0.3, 0.4) is 0 Å². The van der Waals surface area contributed by atoms with E-state index >= 15 is 0 Å². The van der Waals surface area contributed by atoms with Crippen LogP contribution in [0.4, 0.5) is 24.5 Å². The van der Waals surface area contributed by atoms with Gasteiger partial charge >= 0.3 is 12.1 Å². The van der Waals surface area contributed by atoms with E-state index in [1.807, 2.05) is 0 Å². The highest BCUT2D eigenvalue weighted by Gasteiger charge is 2.67. The number of hydrogen-bond donors (Lipinski definition) is 3. The van der Waals surface area contributed by atoms with Crippen LogP contribution < -0.4 is 20.7 Å². The van der Waals surface area contributed by atoms with Crippen molar-refractivity contribution in [3.8, 4) is 5.75 Å². The van der Waals surface area contributed by atoms with Crippen molar-refractivity contribution in [1.29, 1.82) is 0 Å². The molecule has 0 saturated carbocycles. The van der Waals surface area contributed by atoms with Crippen molar-refractivity contribution in [3.05, 3.63) is 75.8 Å². The number of halogens is 5. The maximum absolute atomic E-state index is 14.1. The number of hydrogen-bond acceptors (Lipinski definition) is 6. The van der Waals surface area contributed by atoms with Gasteiger partial charge in [0, 0.05) is 33.6 Å². The first-order valence-electron chi connectivity index (χ1n) is 14.0. The molecule has 1 fully saturated rings. The molecule has 1 spiro atoms. The summed E-state index contributed by atoms with van der Waals surface area (Å²) in [5, 5.41) is 9.39. The van der Waals surface area contributed by atoms with E-state index in [1.54, 1.807) is 37.3 Å². The van der Waals surface area contributed by atoms with Crippen LogP contribution in [-0.4, -0.2) is 49.8 Å². The summed E-state index contributed by atoms with van der Waals surface area (Å²) in [6.07, 6.45) is 0.0215. The van der Waals surface area contributed by atoms with Crippen molar-refractivity contribution in [2.45, 2.75) is 43.9 Å². The van der Waals surface area contributed by atoms with Crippen molar-refractivity contribution >= 4 is 52.4 Å². The molecule has 3 N–H and O–H groups in total. The number of anilines is 2. The quantitative estimate of drug-likeness (QED) is 0.293. The predicted octanol–water partition coefficient (Wildman–Crippen LogP) is 6.21. The van der Waals surface area contributed by atoms with E-state index in [0.29, 0.717) is 21.3 Å². The number of esters is 1. The zero-order valence-corrected chi connectivity index (χ0v) is 25.4. The summed E-state index contributed by atoms with van der Waals surface area (Å²) in [7, 11) is 1.36. The molecule has 6 atom stereocenters. The van der Waals surface area contributed by atoms with Gasteiger partial charge in [0.15, 0.2) is 0 Å². The fourth-order valence-electron chi connectivity index (χ4n) is 6.53. The molecule has 0 bridgehead atoms. The van der Waals surface area contributed by atoms with Crippen molar-refractivity contribution < 1.29 is 37.0 Å². The minimum absolute atomic E-state index is 0.160. The average Bonchev–Trinajstić information content (AvgIpc) is 3.62. The van der Waals surface area contributed by atoms with Gasteiger partial charge in [0.2, 0.25) is 11.8 Å². The summed E-state index contributed by atoms with van der Waals surface area (Å²) in [5.74, 6) is -5.02. The molecular formula is C31H30Cl2F3N3O5. The molecule has 2 heterocycles. The number of rotatable bonds is 8. The number of ether oxygens (including phenoxy) is 2. The second-order valence-corrected chi connectivity index (χ2v) is 11.9. The second kappa shape index (κ2) is 12.1. The number of methoxy groups -OCH3 is 1. The van der Waals surface area contributed by atoms with Gasteiger partial charge in [-0.3, -0.25) is 9.59 Å². The van der Waals surface area contributed by atoms with E-state index in [2.05, 4.69) is 16.0 Å². The predicted molar refractivity (Wildman–Crippen MR) is 160 cm³/mol. The molecule has 44 heavy (non-hydrogen) atoms. The van der Waals surface area contributed by atoms with Crippen molar-refractivity contribution in [2.24, 2.45) is 17.8 Å². The molecule has 2 amide bonds. The van der Waals surface area contributed by atoms with Gasteiger partial charge in [-0.05, 0) is 55.3 Å². The first-order chi connectivity index (χ1) is 20.8. The molecule has 8 nitrogen and oxygen atoms in total. The lowest BCUT2D eigenvalue weighted by Gasteiger charge is -2.38. The van der Waals surface area contributed by atoms with Crippen LogP contribution in [0.2, 0.25) is 5.02 Å². The summed E-state index contributed by atoms with van der Waals surface area (Å²) >= 11 is 12.9. The maximum atomic E-state index is 14.1. The Labute approximate surface area is 261 Å².